The van der Waals surface area contributed by atoms with Gasteiger partial charge in [-0.25, -0.2) is 0 Å². The number of hydrogen-bond acceptors (Lipinski definition) is 1. The molecule has 1 unspecified atom stereocenters. The van der Waals surface area contributed by atoms with Gasteiger partial charge in [0, 0.05) is 17.5 Å². The molecule has 1 N–H and O–H groups in total. The molecule has 1 aromatic carbocycles. The van der Waals surface area contributed by atoms with Crippen LogP contribution in [-0.2, 0) is 0 Å². The molecule has 0 saturated heterocycles. The van der Waals surface area contributed by atoms with Crippen molar-refractivity contribution in [2.45, 2.75) is 39.2 Å². The molecule has 0 bridgehead atoms. The molecule has 0 aliphatic rings. The lowest BCUT2D eigenvalue weighted by Crippen LogP contribution is -2.22. The Kier molecular flexibility index (Phi) is 6.11. The standard InChI is InChI=1S/C15H20ClN/c1-4-6-10-15(17-11-5-2)13-8-7-9-14(16)12(13)3/h1,7-9,15,17H,5-6,10-11H2,2-3H3. The first kappa shape index (κ1) is 14.1. The zero-order chi connectivity index (χ0) is 12.7. The van der Waals surface area contributed by atoms with Crippen molar-refractivity contribution in [1.82, 2.24) is 5.32 Å². The number of terminal acetylenes is 1. The summed E-state index contributed by atoms with van der Waals surface area (Å²) in [5.41, 5.74) is 2.42. The van der Waals surface area contributed by atoms with Crippen molar-refractivity contribution in [2.24, 2.45) is 0 Å². The first-order chi connectivity index (χ1) is 8.20. The van der Waals surface area contributed by atoms with Crippen LogP contribution in [0, 0.1) is 19.3 Å². The van der Waals surface area contributed by atoms with Crippen LogP contribution in [0.2, 0.25) is 5.02 Å². The van der Waals surface area contributed by atoms with Crippen molar-refractivity contribution in [3.8, 4) is 12.3 Å². The van der Waals surface area contributed by atoms with Crippen molar-refractivity contribution in [1.29, 1.82) is 0 Å². The maximum Gasteiger partial charge on any atom is 0.0438 e. The smallest absolute Gasteiger partial charge is 0.0438 e. The molecular formula is C15H20ClN. The molecule has 2 heteroatoms. The maximum absolute atomic E-state index is 6.16. The van der Waals surface area contributed by atoms with Gasteiger partial charge >= 0.3 is 0 Å². The van der Waals surface area contributed by atoms with Gasteiger partial charge in [0.2, 0.25) is 0 Å². The highest BCUT2D eigenvalue weighted by molar-refractivity contribution is 6.31. The van der Waals surface area contributed by atoms with E-state index in [0.717, 1.165) is 36.4 Å². The lowest BCUT2D eigenvalue weighted by molar-refractivity contribution is 0.503. The number of benzene rings is 1. The minimum absolute atomic E-state index is 0.310. The molecule has 0 aromatic heterocycles. The molecule has 1 aromatic rings. The summed E-state index contributed by atoms with van der Waals surface area (Å²) < 4.78 is 0. The second kappa shape index (κ2) is 7.37. The average Bonchev–Trinajstić information content (AvgIpc) is 2.34. The summed E-state index contributed by atoms with van der Waals surface area (Å²) in [7, 11) is 0. The SMILES string of the molecule is C#CCCC(NCCC)c1cccc(Cl)c1C. The molecular weight excluding hydrogens is 230 g/mol. The Morgan fingerprint density at radius 3 is 2.88 bits per heavy atom. The molecule has 92 valence electrons. The van der Waals surface area contributed by atoms with Gasteiger partial charge in [-0.3, -0.25) is 0 Å². The molecule has 0 saturated carbocycles. The number of hydrogen-bond donors (Lipinski definition) is 1. The van der Waals surface area contributed by atoms with E-state index in [0.29, 0.717) is 6.04 Å². The van der Waals surface area contributed by atoms with Gasteiger partial charge < -0.3 is 5.32 Å². The first-order valence-electron chi connectivity index (χ1n) is 6.12. The van der Waals surface area contributed by atoms with Crippen LogP contribution < -0.4 is 5.32 Å². The van der Waals surface area contributed by atoms with Crippen molar-refractivity contribution < 1.29 is 0 Å². The predicted molar refractivity (Wildman–Crippen MR) is 75.3 cm³/mol. The van der Waals surface area contributed by atoms with Crippen molar-refractivity contribution >= 4 is 11.6 Å². The topological polar surface area (TPSA) is 12.0 Å². The van der Waals surface area contributed by atoms with Crippen molar-refractivity contribution in [3.63, 3.8) is 0 Å². The van der Waals surface area contributed by atoms with Crippen LogP contribution >= 0.6 is 11.6 Å². The van der Waals surface area contributed by atoms with Gasteiger partial charge in [-0.2, -0.15) is 0 Å². The summed E-state index contributed by atoms with van der Waals surface area (Å²) in [6.07, 6.45) is 8.21. The molecule has 17 heavy (non-hydrogen) atoms. The highest BCUT2D eigenvalue weighted by Crippen LogP contribution is 2.26. The Balaban J connectivity index is 2.87. The Labute approximate surface area is 110 Å². The van der Waals surface area contributed by atoms with Crippen molar-refractivity contribution in [3.05, 3.63) is 34.3 Å². The Morgan fingerprint density at radius 1 is 1.47 bits per heavy atom. The fourth-order valence-corrected chi connectivity index (χ4v) is 2.10. The van der Waals surface area contributed by atoms with Gasteiger partial charge in [-0.05, 0) is 43.5 Å². The molecule has 0 amide bonds. The van der Waals surface area contributed by atoms with Crippen LogP contribution in [0.1, 0.15) is 43.4 Å². The summed E-state index contributed by atoms with van der Waals surface area (Å²) >= 11 is 6.16. The second-order valence-corrected chi connectivity index (χ2v) is 4.61. The lowest BCUT2D eigenvalue weighted by atomic mass is 9.97. The van der Waals surface area contributed by atoms with E-state index in [9.17, 15) is 0 Å². The van der Waals surface area contributed by atoms with E-state index in [1.54, 1.807) is 0 Å². The molecule has 0 heterocycles. The molecule has 1 rings (SSSR count). The van der Waals surface area contributed by atoms with E-state index >= 15 is 0 Å². The zero-order valence-corrected chi connectivity index (χ0v) is 11.3. The summed E-state index contributed by atoms with van der Waals surface area (Å²) in [6, 6.07) is 6.37. The fourth-order valence-electron chi connectivity index (χ4n) is 1.92. The largest absolute Gasteiger partial charge is 0.310 e. The maximum atomic E-state index is 6.16. The minimum atomic E-state index is 0.310. The Morgan fingerprint density at radius 2 is 2.24 bits per heavy atom. The first-order valence-corrected chi connectivity index (χ1v) is 6.50. The van der Waals surface area contributed by atoms with Crippen LogP contribution in [0.5, 0.6) is 0 Å². The Bertz CT molecular complexity index is 392. The minimum Gasteiger partial charge on any atom is -0.310 e. The van der Waals surface area contributed by atoms with Gasteiger partial charge in [0.05, 0.1) is 0 Å². The highest BCUT2D eigenvalue weighted by atomic mass is 35.5. The third-order valence-electron chi connectivity index (χ3n) is 2.90. The average molecular weight is 250 g/mol. The molecule has 0 aliphatic carbocycles. The summed E-state index contributed by atoms with van der Waals surface area (Å²) in [6.45, 7) is 5.23. The van der Waals surface area contributed by atoms with Gasteiger partial charge in [0.1, 0.15) is 0 Å². The molecule has 0 spiro atoms. The van der Waals surface area contributed by atoms with E-state index in [-0.39, 0.29) is 0 Å². The molecule has 1 nitrogen and oxygen atoms in total. The van der Waals surface area contributed by atoms with Crippen LogP contribution in [-0.4, -0.2) is 6.54 Å². The third-order valence-corrected chi connectivity index (χ3v) is 3.31. The van der Waals surface area contributed by atoms with Gasteiger partial charge in [-0.1, -0.05) is 30.7 Å². The normalized spacial score (nSPS) is 12.1. The van der Waals surface area contributed by atoms with E-state index in [4.69, 9.17) is 18.0 Å². The van der Waals surface area contributed by atoms with Gasteiger partial charge in [-0.15, -0.1) is 12.3 Å². The zero-order valence-electron chi connectivity index (χ0n) is 10.6. The number of nitrogens with one attached hydrogen (secondary N) is 1. The highest BCUT2D eigenvalue weighted by Gasteiger charge is 2.13. The quantitative estimate of drug-likeness (QED) is 0.749. The van der Waals surface area contributed by atoms with Gasteiger partial charge in [0.25, 0.3) is 0 Å². The lowest BCUT2D eigenvalue weighted by Gasteiger charge is -2.20. The summed E-state index contributed by atoms with van der Waals surface area (Å²) in [4.78, 5) is 0. The second-order valence-electron chi connectivity index (χ2n) is 4.20. The molecule has 0 fully saturated rings. The van der Waals surface area contributed by atoms with Crippen molar-refractivity contribution in [2.75, 3.05) is 6.54 Å². The Hall–Kier alpha value is -0.970. The van der Waals surface area contributed by atoms with E-state index in [1.807, 2.05) is 12.1 Å². The summed E-state index contributed by atoms with van der Waals surface area (Å²) in [5, 5.41) is 4.36. The van der Waals surface area contributed by atoms with E-state index in [1.165, 1.54) is 5.56 Å². The van der Waals surface area contributed by atoms with Crippen LogP contribution in [0.15, 0.2) is 18.2 Å². The molecule has 0 aliphatic heterocycles. The van der Waals surface area contributed by atoms with Crippen LogP contribution in [0.4, 0.5) is 0 Å². The molecule has 1 atom stereocenters. The number of halogens is 1. The molecule has 0 radical (unpaired) electrons. The monoisotopic (exact) mass is 249 g/mol. The van der Waals surface area contributed by atoms with E-state index in [2.05, 4.69) is 31.2 Å². The fraction of sp³-hybridized carbons (Fsp3) is 0.467. The summed E-state index contributed by atoms with van der Waals surface area (Å²) in [5.74, 6) is 2.71. The van der Waals surface area contributed by atoms with Gasteiger partial charge in [0.15, 0.2) is 0 Å². The van der Waals surface area contributed by atoms with E-state index < -0.39 is 0 Å². The predicted octanol–water partition coefficient (Wildman–Crippen LogP) is 4.10. The van der Waals surface area contributed by atoms with Crippen LogP contribution in [0.3, 0.4) is 0 Å². The van der Waals surface area contributed by atoms with Crippen LogP contribution in [0.25, 0.3) is 0 Å². The number of rotatable bonds is 6. The third kappa shape index (κ3) is 4.07.